The SMILES string of the molecule is CN(C)C1CC(O)CCN1C(=O)OC(C)(C)C. The summed E-state index contributed by atoms with van der Waals surface area (Å²) in [6, 6.07) is 0. The van der Waals surface area contributed by atoms with Crippen LogP contribution in [0.1, 0.15) is 33.6 Å². The van der Waals surface area contributed by atoms with E-state index in [9.17, 15) is 9.90 Å². The van der Waals surface area contributed by atoms with Crippen molar-refractivity contribution < 1.29 is 14.6 Å². The number of carbonyl (C=O) groups is 1. The Hall–Kier alpha value is -0.810. The third-order valence-electron chi connectivity index (χ3n) is 2.77. The first-order valence-electron chi connectivity index (χ1n) is 6.05. The number of nitrogens with zero attached hydrogens (tertiary/aromatic N) is 2. The topological polar surface area (TPSA) is 53.0 Å². The van der Waals surface area contributed by atoms with Crippen LogP contribution < -0.4 is 0 Å². The molecule has 2 unspecified atom stereocenters. The molecule has 0 radical (unpaired) electrons. The Morgan fingerprint density at radius 1 is 1.41 bits per heavy atom. The van der Waals surface area contributed by atoms with Crippen molar-refractivity contribution in [1.29, 1.82) is 0 Å². The van der Waals surface area contributed by atoms with Crippen LogP contribution >= 0.6 is 0 Å². The normalized spacial score (nSPS) is 26.2. The lowest BCUT2D eigenvalue weighted by atomic mass is 10.0. The van der Waals surface area contributed by atoms with Crippen molar-refractivity contribution in [2.75, 3.05) is 20.6 Å². The minimum atomic E-state index is -0.482. The van der Waals surface area contributed by atoms with Gasteiger partial charge in [-0.25, -0.2) is 4.79 Å². The number of piperidine rings is 1. The molecule has 0 aromatic rings. The lowest BCUT2D eigenvalue weighted by molar-refractivity contribution is -0.0385. The first kappa shape index (κ1) is 14.3. The summed E-state index contributed by atoms with van der Waals surface area (Å²) in [6.07, 6.45) is 0.466. The molecule has 1 heterocycles. The van der Waals surface area contributed by atoms with Crippen molar-refractivity contribution >= 4 is 6.09 Å². The van der Waals surface area contributed by atoms with Gasteiger partial charge >= 0.3 is 6.09 Å². The molecule has 1 rings (SSSR count). The Kier molecular flexibility index (Phi) is 4.38. The Bertz CT molecular complexity index is 273. The zero-order valence-electron chi connectivity index (χ0n) is 11.4. The molecule has 5 nitrogen and oxygen atoms in total. The maximum atomic E-state index is 12.0. The number of carbonyl (C=O) groups excluding carboxylic acids is 1. The first-order valence-corrected chi connectivity index (χ1v) is 6.05. The second-order valence-electron chi connectivity index (χ2n) is 5.80. The van der Waals surface area contributed by atoms with Gasteiger partial charge in [-0.3, -0.25) is 9.80 Å². The molecule has 1 N–H and O–H groups in total. The predicted molar refractivity (Wildman–Crippen MR) is 65.7 cm³/mol. The van der Waals surface area contributed by atoms with Gasteiger partial charge in [0.2, 0.25) is 0 Å². The summed E-state index contributed by atoms with van der Waals surface area (Å²) in [5.41, 5.74) is -0.482. The van der Waals surface area contributed by atoms with Gasteiger partial charge in [-0.2, -0.15) is 0 Å². The van der Waals surface area contributed by atoms with Gasteiger partial charge in [0.25, 0.3) is 0 Å². The molecule has 100 valence electrons. The highest BCUT2D eigenvalue weighted by atomic mass is 16.6. The molecule has 0 aromatic carbocycles. The summed E-state index contributed by atoms with van der Waals surface area (Å²) >= 11 is 0. The third kappa shape index (κ3) is 4.16. The number of amides is 1. The first-order chi connectivity index (χ1) is 7.70. The zero-order valence-corrected chi connectivity index (χ0v) is 11.4. The number of likely N-dealkylation sites (tertiary alicyclic amines) is 1. The van der Waals surface area contributed by atoms with Crippen LogP contribution in [0.2, 0.25) is 0 Å². The van der Waals surface area contributed by atoms with Crippen LogP contribution in [0, 0.1) is 0 Å². The van der Waals surface area contributed by atoms with Gasteiger partial charge in [-0.1, -0.05) is 0 Å². The Labute approximate surface area is 103 Å². The molecular formula is C12H24N2O3. The van der Waals surface area contributed by atoms with Crippen molar-refractivity contribution in [1.82, 2.24) is 9.80 Å². The van der Waals surface area contributed by atoms with Crippen LogP contribution in [0.4, 0.5) is 4.79 Å². The van der Waals surface area contributed by atoms with E-state index >= 15 is 0 Å². The number of aliphatic hydroxyl groups is 1. The third-order valence-corrected chi connectivity index (χ3v) is 2.77. The average Bonchev–Trinajstić information content (AvgIpc) is 2.14. The van der Waals surface area contributed by atoms with E-state index in [1.807, 2.05) is 39.8 Å². The fraction of sp³-hybridized carbons (Fsp3) is 0.917. The van der Waals surface area contributed by atoms with Gasteiger partial charge in [-0.15, -0.1) is 0 Å². The van der Waals surface area contributed by atoms with Crippen molar-refractivity contribution in [3.05, 3.63) is 0 Å². The summed E-state index contributed by atoms with van der Waals surface area (Å²) in [6.45, 7) is 6.11. The van der Waals surface area contributed by atoms with Crippen LogP contribution in [0.25, 0.3) is 0 Å². The van der Waals surface area contributed by atoms with E-state index in [1.54, 1.807) is 4.90 Å². The van der Waals surface area contributed by atoms with E-state index < -0.39 is 5.60 Å². The van der Waals surface area contributed by atoms with Crippen LogP contribution in [-0.4, -0.2) is 59.5 Å². The molecule has 0 bridgehead atoms. The quantitative estimate of drug-likeness (QED) is 0.754. The smallest absolute Gasteiger partial charge is 0.411 e. The molecule has 1 saturated heterocycles. The number of ether oxygens (including phenoxy) is 1. The molecule has 17 heavy (non-hydrogen) atoms. The number of hydrogen-bond donors (Lipinski definition) is 1. The van der Waals surface area contributed by atoms with Gasteiger partial charge in [-0.05, 0) is 41.3 Å². The fourth-order valence-electron chi connectivity index (χ4n) is 1.95. The molecule has 2 atom stereocenters. The van der Waals surface area contributed by atoms with Gasteiger partial charge in [0, 0.05) is 13.0 Å². The Morgan fingerprint density at radius 2 is 2.00 bits per heavy atom. The summed E-state index contributed by atoms with van der Waals surface area (Å²) in [5.74, 6) is 0. The molecule has 0 spiro atoms. The van der Waals surface area contributed by atoms with E-state index in [0.717, 1.165) is 0 Å². The molecule has 0 aliphatic carbocycles. The molecule has 5 heteroatoms. The lowest BCUT2D eigenvalue weighted by Crippen LogP contribution is -2.54. The minimum Gasteiger partial charge on any atom is -0.444 e. The number of rotatable bonds is 1. The van der Waals surface area contributed by atoms with E-state index in [1.165, 1.54) is 0 Å². The van der Waals surface area contributed by atoms with E-state index in [0.29, 0.717) is 19.4 Å². The Balaban J connectivity index is 2.70. The van der Waals surface area contributed by atoms with Crippen LogP contribution in [0.3, 0.4) is 0 Å². The second kappa shape index (κ2) is 5.23. The molecular weight excluding hydrogens is 220 g/mol. The molecule has 0 saturated carbocycles. The van der Waals surface area contributed by atoms with Gasteiger partial charge < -0.3 is 9.84 Å². The van der Waals surface area contributed by atoms with Crippen LogP contribution in [0.5, 0.6) is 0 Å². The largest absolute Gasteiger partial charge is 0.444 e. The monoisotopic (exact) mass is 244 g/mol. The predicted octanol–water partition coefficient (Wildman–Crippen LogP) is 1.27. The van der Waals surface area contributed by atoms with E-state index in [4.69, 9.17) is 4.74 Å². The summed E-state index contributed by atoms with van der Waals surface area (Å²) < 4.78 is 5.37. The van der Waals surface area contributed by atoms with Crippen molar-refractivity contribution in [3.63, 3.8) is 0 Å². The molecule has 1 amide bonds. The zero-order chi connectivity index (χ0) is 13.2. The van der Waals surface area contributed by atoms with Gasteiger partial charge in [0.15, 0.2) is 0 Å². The highest BCUT2D eigenvalue weighted by Gasteiger charge is 2.34. The van der Waals surface area contributed by atoms with E-state index in [2.05, 4.69) is 0 Å². The van der Waals surface area contributed by atoms with Crippen molar-refractivity contribution in [3.8, 4) is 0 Å². The molecule has 1 aliphatic rings. The van der Waals surface area contributed by atoms with Gasteiger partial charge in [0.05, 0.1) is 12.3 Å². The molecule has 1 fully saturated rings. The highest BCUT2D eigenvalue weighted by molar-refractivity contribution is 5.68. The van der Waals surface area contributed by atoms with E-state index in [-0.39, 0.29) is 18.4 Å². The summed E-state index contributed by atoms with van der Waals surface area (Å²) in [5, 5.41) is 9.66. The van der Waals surface area contributed by atoms with Gasteiger partial charge in [0.1, 0.15) is 5.60 Å². The number of aliphatic hydroxyl groups excluding tert-OH is 1. The van der Waals surface area contributed by atoms with Crippen molar-refractivity contribution in [2.45, 2.75) is 51.5 Å². The summed E-state index contributed by atoms with van der Waals surface area (Å²) in [7, 11) is 3.81. The maximum absolute atomic E-state index is 12.0. The minimum absolute atomic E-state index is 0.0893. The molecule has 0 aromatic heterocycles. The van der Waals surface area contributed by atoms with Crippen LogP contribution in [-0.2, 0) is 4.74 Å². The fourth-order valence-corrected chi connectivity index (χ4v) is 1.95. The average molecular weight is 244 g/mol. The number of hydrogen-bond acceptors (Lipinski definition) is 4. The molecule has 1 aliphatic heterocycles. The Morgan fingerprint density at radius 3 is 2.47 bits per heavy atom. The second-order valence-corrected chi connectivity index (χ2v) is 5.80. The highest BCUT2D eigenvalue weighted by Crippen LogP contribution is 2.21. The standard InChI is InChI=1S/C12H24N2O3/c1-12(2,3)17-11(16)14-7-6-9(15)8-10(14)13(4)5/h9-10,15H,6-8H2,1-5H3. The summed E-state index contributed by atoms with van der Waals surface area (Å²) in [4.78, 5) is 15.7. The van der Waals surface area contributed by atoms with Crippen LogP contribution in [0.15, 0.2) is 0 Å². The maximum Gasteiger partial charge on any atom is 0.411 e. The van der Waals surface area contributed by atoms with Crippen molar-refractivity contribution in [2.24, 2.45) is 0 Å². The lowest BCUT2D eigenvalue weighted by Gasteiger charge is -2.41.